The van der Waals surface area contributed by atoms with E-state index < -0.39 is 44.4 Å². The normalized spacial score (nSPS) is 17.7. The van der Waals surface area contributed by atoms with Crippen LogP contribution in [0.15, 0.2) is 58.8 Å². The molecule has 3 aromatic rings. The van der Waals surface area contributed by atoms with Gasteiger partial charge >= 0.3 is 12.4 Å². The summed E-state index contributed by atoms with van der Waals surface area (Å²) in [4.78, 5) is -0.177. The SMILES string of the molecule is O=S(=O)(c1cc(C(F)(F)F)cc(C(F)(F)F)c1)N1CCc2sccc2[C@H]1c1ccc(Cl)cc1. The van der Waals surface area contributed by atoms with E-state index in [1.807, 2.05) is 0 Å². The Hall–Kier alpha value is -2.08. The van der Waals surface area contributed by atoms with Gasteiger partial charge < -0.3 is 0 Å². The summed E-state index contributed by atoms with van der Waals surface area (Å²) < 4.78 is 108. The molecule has 3 nitrogen and oxygen atoms in total. The Bertz CT molecular complexity index is 1250. The van der Waals surface area contributed by atoms with Crippen molar-refractivity contribution in [3.05, 3.63) is 86.1 Å². The van der Waals surface area contributed by atoms with Gasteiger partial charge in [-0.25, -0.2) is 8.42 Å². The summed E-state index contributed by atoms with van der Waals surface area (Å²) in [7, 11) is -4.75. The number of hydrogen-bond donors (Lipinski definition) is 0. The lowest BCUT2D eigenvalue weighted by Crippen LogP contribution is -2.40. The summed E-state index contributed by atoms with van der Waals surface area (Å²) in [6.45, 7) is -0.110. The number of nitrogens with zero attached hydrogens (tertiary/aromatic N) is 1. The van der Waals surface area contributed by atoms with Gasteiger partial charge in [0.2, 0.25) is 10.0 Å². The highest BCUT2D eigenvalue weighted by atomic mass is 35.5. The molecule has 0 fully saturated rings. The molecule has 2 heterocycles. The standard InChI is InChI=1S/C21H14ClF6NO2S2/c22-15-3-1-12(2-4-15)19-17-6-8-32-18(17)5-7-29(19)33(30,31)16-10-13(20(23,24)25)9-14(11-16)21(26,27)28/h1-4,6,8-11,19H,5,7H2/t19-/m1/s1. The largest absolute Gasteiger partial charge is 0.416 e. The first-order chi connectivity index (χ1) is 15.3. The number of thiophene rings is 1. The first-order valence-electron chi connectivity index (χ1n) is 9.41. The quantitative estimate of drug-likeness (QED) is 0.354. The van der Waals surface area contributed by atoms with E-state index in [2.05, 4.69) is 0 Å². The number of rotatable bonds is 3. The Kier molecular flexibility index (Phi) is 6.05. The predicted octanol–water partition coefficient (Wildman–Crippen LogP) is 6.78. The van der Waals surface area contributed by atoms with Gasteiger partial charge in [-0.2, -0.15) is 30.6 Å². The Balaban J connectivity index is 1.89. The van der Waals surface area contributed by atoms with E-state index in [9.17, 15) is 34.8 Å². The molecule has 1 aliphatic heterocycles. The van der Waals surface area contributed by atoms with Crippen LogP contribution in [-0.4, -0.2) is 19.3 Å². The second-order valence-corrected chi connectivity index (χ2v) is 10.7. The molecule has 0 aliphatic carbocycles. The Morgan fingerprint density at radius 1 is 0.909 bits per heavy atom. The average molecular weight is 526 g/mol. The highest BCUT2D eigenvalue weighted by Gasteiger charge is 2.42. The predicted molar refractivity (Wildman–Crippen MR) is 112 cm³/mol. The minimum absolute atomic E-state index is 0.0944. The van der Waals surface area contributed by atoms with Crippen molar-refractivity contribution in [1.82, 2.24) is 4.31 Å². The van der Waals surface area contributed by atoms with Crippen LogP contribution in [-0.2, 0) is 28.8 Å². The van der Waals surface area contributed by atoms with Crippen LogP contribution in [0.2, 0.25) is 5.02 Å². The molecule has 0 saturated heterocycles. The van der Waals surface area contributed by atoms with Crippen molar-refractivity contribution in [2.45, 2.75) is 29.7 Å². The van der Waals surface area contributed by atoms with Crippen LogP contribution in [0.25, 0.3) is 0 Å². The van der Waals surface area contributed by atoms with Crippen LogP contribution in [0.1, 0.15) is 33.2 Å². The number of halogens is 7. The van der Waals surface area contributed by atoms with Gasteiger partial charge in [-0.1, -0.05) is 23.7 Å². The van der Waals surface area contributed by atoms with E-state index >= 15 is 0 Å². The van der Waals surface area contributed by atoms with Crippen molar-refractivity contribution in [3.63, 3.8) is 0 Å². The molecule has 0 spiro atoms. The molecule has 0 N–H and O–H groups in total. The molecule has 176 valence electrons. The van der Waals surface area contributed by atoms with E-state index in [1.54, 1.807) is 23.6 Å². The topological polar surface area (TPSA) is 37.4 Å². The van der Waals surface area contributed by atoms with Gasteiger partial charge in [0.15, 0.2) is 0 Å². The molecule has 0 bridgehead atoms. The lowest BCUT2D eigenvalue weighted by molar-refractivity contribution is -0.143. The second kappa shape index (κ2) is 8.30. The lowest BCUT2D eigenvalue weighted by atomic mass is 9.95. The summed E-state index contributed by atoms with van der Waals surface area (Å²) in [6.07, 6.45) is -10.0. The molecule has 1 aromatic heterocycles. The monoisotopic (exact) mass is 525 g/mol. The van der Waals surface area contributed by atoms with E-state index in [4.69, 9.17) is 11.6 Å². The van der Waals surface area contributed by atoms with Crippen LogP contribution in [0.4, 0.5) is 26.3 Å². The van der Waals surface area contributed by atoms with Gasteiger partial charge in [0.05, 0.1) is 22.1 Å². The molecule has 1 aliphatic rings. The highest BCUT2D eigenvalue weighted by molar-refractivity contribution is 7.89. The molecular weight excluding hydrogens is 512 g/mol. The summed E-state index contributed by atoms with van der Waals surface area (Å²) in [5.74, 6) is 0. The van der Waals surface area contributed by atoms with E-state index in [0.717, 1.165) is 9.18 Å². The van der Waals surface area contributed by atoms with Crippen LogP contribution >= 0.6 is 22.9 Å². The number of fused-ring (bicyclic) bond motifs is 1. The van der Waals surface area contributed by atoms with E-state index in [1.165, 1.54) is 23.5 Å². The van der Waals surface area contributed by atoms with Crippen molar-refractivity contribution in [2.75, 3.05) is 6.54 Å². The van der Waals surface area contributed by atoms with Gasteiger partial charge in [0, 0.05) is 16.4 Å². The van der Waals surface area contributed by atoms with Crippen molar-refractivity contribution < 1.29 is 34.8 Å². The number of benzene rings is 2. The van der Waals surface area contributed by atoms with Crippen LogP contribution in [0, 0.1) is 0 Å². The maximum absolute atomic E-state index is 13.5. The molecule has 4 rings (SSSR count). The molecule has 12 heteroatoms. The first-order valence-corrected chi connectivity index (χ1v) is 12.1. The Morgan fingerprint density at radius 2 is 1.48 bits per heavy atom. The van der Waals surface area contributed by atoms with E-state index in [0.29, 0.717) is 16.1 Å². The van der Waals surface area contributed by atoms with Gasteiger partial charge in [0.1, 0.15) is 0 Å². The highest BCUT2D eigenvalue weighted by Crippen LogP contribution is 2.43. The molecule has 33 heavy (non-hydrogen) atoms. The fraction of sp³-hybridized carbons (Fsp3) is 0.238. The van der Waals surface area contributed by atoms with Crippen molar-refractivity contribution in [2.24, 2.45) is 0 Å². The minimum Gasteiger partial charge on any atom is -0.207 e. The van der Waals surface area contributed by atoms with E-state index in [-0.39, 0.29) is 31.2 Å². The smallest absolute Gasteiger partial charge is 0.207 e. The second-order valence-electron chi connectivity index (χ2n) is 7.36. The minimum atomic E-state index is -5.16. The fourth-order valence-corrected chi connectivity index (χ4v) is 6.45. The van der Waals surface area contributed by atoms with Crippen LogP contribution in [0.5, 0.6) is 0 Å². The summed E-state index contributed by atoms with van der Waals surface area (Å²) in [5.41, 5.74) is -2.26. The zero-order valence-electron chi connectivity index (χ0n) is 16.4. The average Bonchev–Trinajstić information content (AvgIpc) is 3.21. The maximum atomic E-state index is 13.5. The number of hydrogen-bond acceptors (Lipinski definition) is 3. The van der Waals surface area contributed by atoms with Crippen molar-refractivity contribution in [1.29, 1.82) is 0 Å². The third kappa shape index (κ3) is 4.64. The zero-order chi connectivity index (χ0) is 24.2. The summed E-state index contributed by atoms with van der Waals surface area (Å²) in [6, 6.07) is 7.40. The maximum Gasteiger partial charge on any atom is 0.416 e. The number of sulfonamides is 1. The van der Waals surface area contributed by atoms with Gasteiger partial charge in [-0.15, -0.1) is 11.3 Å². The molecule has 0 saturated carbocycles. The molecule has 0 radical (unpaired) electrons. The fourth-order valence-electron chi connectivity index (χ4n) is 3.75. The summed E-state index contributed by atoms with van der Waals surface area (Å²) in [5, 5.41) is 2.15. The Labute approximate surface area is 194 Å². The van der Waals surface area contributed by atoms with Gasteiger partial charge in [-0.3, -0.25) is 0 Å². The first kappa shape index (κ1) is 24.1. The third-order valence-electron chi connectivity index (χ3n) is 5.28. The van der Waals surface area contributed by atoms with Crippen molar-refractivity contribution in [3.8, 4) is 0 Å². The number of alkyl halides is 6. The molecule has 2 aromatic carbocycles. The molecule has 0 amide bonds. The van der Waals surface area contributed by atoms with Crippen LogP contribution in [0.3, 0.4) is 0 Å². The molecule has 0 unspecified atom stereocenters. The Morgan fingerprint density at radius 3 is 2.03 bits per heavy atom. The molecule has 1 atom stereocenters. The third-order valence-corrected chi connectivity index (χ3v) is 8.37. The van der Waals surface area contributed by atoms with Crippen molar-refractivity contribution >= 4 is 33.0 Å². The summed E-state index contributed by atoms with van der Waals surface area (Å²) >= 11 is 7.33. The molecular formula is C21H14ClF6NO2S2. The van der Waals surface area contributed by atoms with Gasteiger partial charge in [-0.05, 0) is 59.3 Å². The van der Waals surface area contributed by atoms with Crippen LogP contribution < -0.4 is 0 Å². The van der Waals surface area contributed by atoms with Gasteiger partial charge in [0.25, 0.3) is 0 Å². The zero-order valence-corrected chi connectivity index (χ0v) is 18.8. The lowest BCUT2D eigenvalue weighted by Gasteiger charge is -2.35.